The van der Waals surface area contributed by atoms with Crippen LogP contribution in [0.3, 0.4) is 0 Å². The molecule has 104 valence electrons. The van der Waals surface area contributed by atoms with Gasteiger partial charge in [-0.2, -0.15) is 0 Å². The first-order chi connectivity index (χ1) is 9.08. The van der Waals surface area contributed by atoms with E-state index in [1.54, 1.807) is 0 Å². The maximum absolute atomic E-state index is 12.0. The largest absolute Gasteiger partial charge is 0.322 e. The molecule has 0 spiro atoms. The number of carbonyl (C=O) groups is 1. The van der Waals surface area contributed by atoms with Crippen LogP contribution in [-0.4, -0.2) is 49.4 Å². The van der Waals surface area contributed by atoms with Crippen molar-refractivity contribution in [3.63, 3.8) is 0 Å². The van der Waals surface area contributed by atoms with Crippen molar-refractivity contribution in [2.24, 2.45) is 0 Å². The van der Waals surface area contributed by atoms with Crippen molar-refractivity contribution in [1.82, 2.24) is 15.1 Å². The fraction of sp³-hybridized carbons (Fsp3) is 0.533. The lowest BCUT2D eigenvalue weighted by Crippen LogP contribution is -2.32. The number of amides is 1. The van der Waals surface area contributed by atoms with Crippen LogP contribution in [0.4, 0.5) is 0 Å². The van der Waals surface area contributed by atoms with Gasteiger partial charge in [0.05, 0.1) is 6.54 Å². The zero-order valence-corrected chi connectivity index (χ0v) is 12.0. The Morgan fingerprint density at radius 3 is 2.89 bits per heavy atom. The molecule has 1 unspecified atom stereocenters. The maximum Gasteiger partial charge on any atom is 0.238 e. The van der Waals surface area contributed by atoms with E-state index in [9.17, 15) is 4.79 Å². The number of benzene rings is 1. The summed E-state index contributed by atoms with van der Waals surface area (Å²) in [5.74, 6) is 0.199. The quantitative estimate of drug-likeness (QED) is 0.870. The molecule has 0 aromatic heterocycles. The molecule has 1 aromatic rings. The van der Waals surface area contributed by atoms with Crippen LogP contribution in [-0.2, 0) is 4.79 Å². The molecule has 1 aliphatic rings. The second-order valence-electron chi connectivity index (χ2n) is 5.44. The SMILES string of the molecule is Cc1cccc(C2NCC(=O)N2CCCN(C)C)c1. The van der Waals surface area contributed by atoms with Crippen LogP contribution < -0.4 is 5.32 Å². The molecule has 0 radical (unpaired) electrons. The number of hydrogen-bond donors (Lipinski definition) is 1. The van der Waals surface area contributed by atoms with Gasteiger partial charge in [-0.3, -0.25) is 10.1 Å². The van der Waals surface area contributed by atoms with Crippen molar-refractivity contribution in [3.8, 4) is 0 Å². The Hall–Kier alpha value is -1.39. The Morgan fingerprint density at radius 1 is 1.42 bits per heavy atom. The van der Waals surface area contributed by atoms with E-state index in [1.165, 1.54) is 11.1 Å². The smallest absolute Gasteiger partial charge is 0.238 e. The molecular weight excluding hydrogens is 238 g/mol. The zero-order valence-electron chi connectivity index (χ0n) is 12.0. The molecule has 4 heteroatoms. The van der Waals surface area contributed by atoms with Gasteiger partial charge in [-0.1, -0.05) is 29.8 Å². The standard InChI is InChI=1S/C15H23N3O/c1-12-6-4-7-13(10-12)15-16-11-14(19)18(15)9-5-8-17(2)3/h4,6-7,10,15-16H,5,8-9,11H2,1-3H3. The number of carbonyl (C=O) groups excluding carboxylic acids is 1. The van der Waals surface area contributed by atoms with Crippen LogP contribution >= 0.6 is 0 Å². The Kier molecular flexibility index (Phi) is 4.56. The third-order valence-corrected chi connectivity index (χ3v) is 3.44. The van der Waals surface area contributed by atoms with Crippen molar-refractivity contribution < 1.29 is 4.79 Å². The molecule has 0 bridgehead atoms. The van der Waals surface area contributed by atoms with E-state index in [4.69, 9.17) is 0 Å². The third kappa shape index (κ3) is 3.55. The summed E-state index contributed by atoms with van der Waals surface area (Å²) in [6.45, 7) is 4.34. The number of hydrogen-bond acceptors (Lipinski definition) is 3. The normalized spacial score (nSPS) is 19.5. The molecule has 1 amide bonds. The Morgan fingerprint density at radius 2 is 2.21 bits per heavy atom. The number of nitrogens with one attached hydrogen (secondary N) is 1. The minimum absolute atomic E-state index is 0.0366. The first-order valence-corrected chi connectivity index (χ1v) is 6.82. The van der Waals surface area contributed by atoms with E-state index in [0.717, 1.165) is 19.5 Å². The van der Waals surface area contributed by atoms with Gasteiger partial charge in [-0.15, -0.1) is 0 Å². The Labute approximate surface area is 115 Å². The Balaban J connectivity index is 2.04. The van der Waals surface area contributed by atoms with Gasteiger partial charge < -0.3 is 9.80 Å². The minimum Gasteiger partial charge on any atom is -0.322 e. The van der Waals surface area contributed by atoms with Gasteiger partial charge in [0.2, 0.25) is 5.91 Å². The molecule has 0 aliphatic carbocycles. The predicted octanol–water partition coefficient (Wildman–Crippen LogP) is 1.38. The highest BCUT2D eigenvalue weighted by Gasteiger charge is 2.30. The summed E-state index contributed by atoms with van der Waals surface area (Å²) >= 11 is 0. The summed E-state index contributed by atoms with van der Waals surface area (Å²) in [6.07, 6.45) is 1.04. The van der Waals surface area contributed by atoms with Crippen LogP contribution in [0.15, 0.2) is 24.3 Å². The summed E-state index contributed by atoms with van der Waals surface area (Å²) in [6, 6.07) is 8.36. The van der Waals surface area contributed by atoms with Gasteiger partial charge in [0, 0.05) is 6.54 Å². The second kappa shape index (κ2) is 6.17. The predicted molar refractivity (Wildman–Crippen MR) is 76.8 cm³/mol. The van der Waals surface area contributed by atoms with Crippen LogP contribution in [0, 0.1) is 6.92 Å². The molecule has 1 fully saturated rings. The minimum atomic E-state index is 0.0366. The maximum atomic E-state index is 12.0. The van der Waals surface area contributed by atoms with Gasteiger partial charge >= 0.3 is 0 Å². The van der Waals surface area contributed by atoms with Crippen LogP contribution in [0.2, 0.25) is 0 Å². The van der Waals surface area contributed by atoms with E-state index >= 15 is 0 Å². The zero-order chi connectivity index (χ0) is 13.8. The van der Waals surface area contributed by atoms with Crippen molar-refractivity contribution in [1.29, 1.82) is 0 Å². The van der Waals surface area contributed by atoms with E-state index in [0.29, 0.717) is 6.54 Å². The average molecular weight is 261 g/mol. The fourth-order valence-electron chi connectivity index (χ4n) is 2.49. The lowest BCUT2D eigenvalue weighted by atomic mass is 10.1. The van der Waals surface area contributed by atoms with Crippen LogP contribution in [0.1, 0.15) is 23.7 Å². The first-order valence-electron chi connectivity index (χ1n) is 6.82. The molecule has 1 atom stereocenters. The highest BCUT2D eigenvalue weighted by Crippen LogP contribution is 2.23. The number of aryl methyl sites for hydroxylation is 1. The van der Waals surface area contributed by atoms with Gasteiger partial charge in [0.1, 0.15) is 6.17 Å². The average Bonchev–Trinajstić information content (AvgIpc) is 2.71. The summed E-state index contributed by atoms with van der Waals surface area (Å²) in [4.78, 5) is 16.1. The van der Waals surface area contributed by atoms with E-state index in [1.807, 2.05) is 11.0 Å². The third-order valence-electron chi connectivity index (χ3n) is 3.44. The van der Waals surface area contributed by atoms with Gasteiger partial charge in [-0.05, 0) is 39.5 Å². The first kappa shape index (κ1) is 14.0. The fourth-order valence-corrected chi connectivity index (χ4v) is 2.49. The molecule has 1 N–H and O–H groups in total. The highest BCUT2D eigenvalue weighted by atomic mass is 16.2. The second-order valence-corrected chi connectivity index (χ2v) is 5.44. The molecule has 1 aromatic carbocycles. The van der Waals surface area contributed by atoms with E-state index in [2.05, 4.69) is 49.4 Å². The molecule has 1 saturated heterocycles. The van der Waals surface area contributed by atoms with Crippen molar-refractivity contribution in [3.05, 3.63) is 35.4 Å². The van der Waals surface area contributed by atoms with Crippen LogP contribution in [0.5, 0.6) is 0 Å². The van der Waals surface area contributed by atoms with Gasteiger partial charge in [0.25, 0.3) is 0 Å². The highest BCUT2D eigenvalue weighted by molar-refractivity contribution is 5.80. The summed E-state index contributed by atoms with van der Waals surface area (Å²) in [7, 11) is 4.12. The number of nitrogens with zero attached hydrogens (tertiary/aromatic N) is 2. The summed E-state index contributed by atoms with van der Waals surface area (Å²) in [5, 5.41) is 3.30. The molecule has 2 rings (SSSR count). The van der Waals surface area contributed by atoms with Crippen molar-refractivity contribution in [2.75, 3.05) is 33.7 Å². The van der Waals surface area contributed by atoms with Gasteiger partial charge in [0.15, 0.2) is 0 Å². The monoisotopic (exact) mass is 261 g/mol. The topological polar surface area (TPSA) is 35.6 Å². The summed E-state index contributed by atoms with van der Waals surface area (Å²) in [5.41, 5.74) is 2.41. The lowest BCUT2D eigenvalue weighted by molar-refractivity contribution is -0.128. The lowest BCUT2D eigenvalue weighted by Gasteiger charge is -2.25. The van der Waals surface area contributed by atoms with Gasteiger partial charge in [-0.25, -0.2) is 0 Å². The summed E-state index contributed by atoms with van der Waals surface area (Å²) < 4.78 is 0. The molecule has 1 aliphatic heterocycles. The molecule has 0 saturated carbocycles. The van der Waals surface area contributed by atoms with E-state index in [-0.39, 0.29) is 12.1 Å². The molecule has 1 heterocycles. The van der Waals surface area contributed by atoms with Crippen molar-refractivity contribution >= 4 is 5.91 Å². The Bertz CT molecular complexity index is 445. The molecule has 4 nitrogen and oxygen atoms in total. The molecular formula is C15H23N3O. The molecule has 19 heavy (non-hydrogen) atoms. The van der Waals surface area contributed by atoms with E-state index < -0.39 is 0 Å². The number of rotatable bonds is 5. The van der Waals surface area contributed by atoms with Crippen molar-refractivity contribution in [2.45, 2.75) is 19.5 Å². The van der Waals surface area contributed by atoms with Crippen LogP contribution in [0.25, 0.3) is 0 Å².